The highest BCUT2D eigenvalue weighted by Gasteiger charge is 2.41. The van der Waals surface area contributed by atoms with E-state index in [0.717, 1.165) is 37.1 Å². The average molecular weight is 371 g/mol. The first-order chi connectivity index (χ1) is 12.6. The zero-order valence-corrected chi connectivity index (χ0v) is 14.9. The maximum atomic E-state index is 12.8. The van der Waals surface area contributed by atoms with Crippen LogP contribution in [0.3, 0.4) is 0 Å². The third-order valence-corrected chi connectivity index (χ3v) is 5.34. The molecule has 2 aromatic carbocycles. The summed E-state index contributed by atoms with van der Waals surface area (Å²) in [4.78, 5) is 26.4. The third-order valence-electron chi connectivity index (χ3n) is 5.17. The van der Waals surface area contributed by atoms with Gasteiger partial charge in [0.25, 0.3) is 5.91 Å². The lowest BCUT2D eigenvalue weighted by molar-refractivity contribution is 0.0187. The Morgan fingerprint density at radius 3 is 2.46 bits per heavy atom. The zero-order chi connectivity index (χ0) is 18.1. The number of fused-ring (bicyclic) bond motifs is 1. The van der Waals surface area contributed by atoms with Crippen molar-refractivity contribution in [1.29, 1.82) is 0 Å². The van der Waals surface area contributed by atoms with Gasteiger partial charge < -0.3 is 10.1 Å². The van der Waals surface area contributed by atoms with E-state index in [9.17, 15) is 9.59 Å². The minimum atomic E-state index is -0.354. The number of hydrogen-bond acceptors (Lipinski definition) is 4. The van der Waals surface area contributed by atoms with E-state index in [4.69, 9.17) is 16.5 Å². The van der Waals surface area contributed by atoms with Crippen LogP contribution in [0.2, 0.25) is 0 Å². The third kappa shape index (κ3) is 3.08. The Kier molecular flexibility index (Phi) is 4.42. The van der Waals surface area contributed by atoms with E-state index in [-0.39, 0.29) is 17.3 Å². The van der Waals surface area contributed by atoms with Crippen molar-refractivity contribution in [2.75, 3.05) is 13.1 Å². The fourth-order valence-corrected chi connectivity index (χ4v) is 3.81. The van der Waals surface area contributed by atoms with Crippen LogP contribution in [0.5, 0.6) is 5.75 Å². The highest BCUT2D eigenvalue weighted by atomic mass is 35.5. The molecule has 2 N–H and O–H groups in total. The molecule has 1 saturated heterocycles. The molecular formula is C20H19ClN2O3. The van der Waals surface area contributed by atoms with Gasteiger partial charge in [-0.2, -0.15) is 0 Å². The molecule has 2 aromatic rings. The fourth-order valence-electron chi connectivity index (χ4n) is 3.70. The van der Waals surface area contributed by atoms with Gasteiger partial charge >= 0.3 is 0 Å². The van der Waals surface area contributed by atoms with Crippen LogP contribution in [-0.4, -0.2) is 30.4 Å². The second-order valence-electron chi connectivity index (χ2n) is 6.85. The number of carbonyl (C=O) groups excluding carboxylic acids is 2. The number of benzene rings is 2. The molecule has 0 unspecified atom stereocenters. The Morgan fingerprint density at radius 1 is 1.08 bits per heavy atom. The second-order valence-corrected chi connectivity index (χ2v) is 7.04. The summed E-state index contributed by atoms with van der Waals surface area (Å²) in [6, 6.07) is 12.8. The van der Waals surface area contributed by atoms with Crippen LogP contribution in [0.25, 0.3) is 11.1 Å². The molecular weight excluding hydrogens is 352 g/mol. The van der Waals surface area contributed by atoms with Gasteiger partial charge in [-0.05, 0) is 48.5 Å². The first-order valence-corrected chi connectivity index (χ1v) is 9.06. The first kappa shape index (κ1) is 17.1. The number of amides is 1. The number of rotatable bonds is 2. The molecule has 134 valence electrons. The maximum absolute atomic E-state index is 12.8. The van der Waals surface area contributed by atoms with Crippen LogP contribution in [0.1, 0.15) is 40.0 Å². The van der Waals surface area contributed by atoms with Gasteiger partial charge in [-0.1, -0.05) is 18.2 Å². The van der Waals surface area contributed by atoms with Crippen LogP contribution in [-0.2, 0) is 0 Å². The molecule has 0 saturated carbocycles. The Hall–Kier alpha value is -2.37. The van der Waals surface area contributed by atoms with Crippen molar-refractivity contribution in [2.24, 2.45) is 0 Å². The number of ether oxygens (including phenoxy) is 1. The van der Waals surface area contributed by atoms with E-state index in [1.807, 2.05) is 30.3 Å². The van der Waals surface area contributed by atoms with E-state index in [0.29, 0.717) is 23.3 Å². The normalized spacial score (nSPS) is 18.1. The topological polar surface area (TPSA) is 67.4 Å². The number of Topliss-reactive ketones (excluding diaryl/α,β-unsaturated/α-hetero) is 1. The van der Waals surface area contributed by atoms with Crippen molar-refractivity contribution in [3.63, 3.8) is 0 Å². The van der Waals surface area contributed by atoms with Crippen molar-refractivity contribution in [3.05, 3.63) is 53.6 Å². The summed E-state index contributed by atoms with van der Waals surface area (Å²) in [6.07, 6.45) is 2.13. The molecule has 0 aromatic heterocycles. The second kappa shape index (κ2) is 6.74. The van der Waals surface area contributed by atoms with E-state index in [2.05, 4.69) is 10.2 Å². The predicted molar refractivity (Wildman–Crippen MR) is 99.6 cm³/mol. The molecule has 0 radical (unpaired) electrons. The fraction of sp³-hybridized carbons (Fsp3) is 0.300. The predicted octanol–water partition coefficient (Wildman–Crippen LogP) is 3.32. The van der Waals surface area contributed by atoms with Crippen molar-refractivity contribution in [2.45, 2.75) is 24.9 Å². The zero-order valence-electron chi connectivity index (χ0n) is 14.2. The van der Waals surface area contributed by atoms with Gasteiger partial charge in [-0.3, -0.25) is 14.4 Å². The summed E-state index contributed by atoms with van der Waals surface area (Å²) in [6.45, 7) is 1.76. The van der Waals surface area contributed by atoms with Crippen molar-refractivity contribution in [3.8, 4) is 16.9 Å². The molecule has 1 amide bonds. The highest BCUT2D eigenvalue weighted by Crippen LogP contribution is 2.39. The van der Waals surface area contributed by atoms with Crippen molar-refractivity contribution in [1.82, 2.24) is 10.2 Å². The summed E-state index contributed by atoms with van der Waals surface area (Å²) in [5.74, 6) is 0.456. The van der Waals surface area contributed by atoms with Gasteiger partial charge in [0.05, 0.1) is 12.0 Å². The largest absolute Gasteiger partial charge is 0.486 e. The number of carbonyl (C=O) groups is 2. The van der Waals surface area contributed by atoms with Crippen LogP contribution in [0.15, 0.2) is 42.5 Å². The molecule has 5 nitrogen and oxygen atoms in total. The molecule has 1 spiro atoms. The molecule has 6 heteroatoms. The van der Waals surface area contributed by atoms with Crippen molar-refractivity contribution >= 4 is 23.5 Å². The average Bonchev–Trinajstić information content (AvgIpc) is 2.68. The summed E-state index contributed by atoms with van der Waals surface area (Å²) < 4.78 is 6.26. The van der Waals surface area contributed by atoms with Crippen molar-refractivity contribution < 1.29 is 14.3 Å². The van der Waals surface area contributed by atoms with Gasteiger partial charge in [0, 0.05) is 30.2 Å². The van der Waals surface area contributed by atoms with Crippen LogP contribution >= 0.6 is 11.8 Å². The number of nitrogens with one attached hydrogen (secondary N) is 2. The molecule has 0 atom stereocenters. The number of ketones is 1. The molecule has 4 rings (SSSR count). The molecule has 2 aliphatic rings. The Bertz CT molecular complexity index is 858. The number of piperidine rings is 1. The van der Waals surface area contributed by atoms with E-state index >= 15 is 0 Å². The van der Waals surface area contributed by atoms with Gasteiger partial charge in [0.1, 0.15) is 11.4 Å². The van der Waals surface area contributed by atoms with E-state index < -0.39 is 0 Å². The number of hydrogen-bond donors (Lipinski definition) is 2. The lowest BCUT2D eigenvalue weighted by atomic mass is 9.82. The molecule has 2 heterocycles. The Morgan fingerprint density at radius 2 is 1.77 bits per heavy atom. The summed E-state index contributed by atoms with van der Waals surface area (Å²) in [5.41, 5.74) is 2.60. The monoisotopic (exact) mass is 370 g/mol. The molecule has 2 aliphatic heterocycles. The summed E-state index contributed by atoms with van der Waals surface area (Å²) in [5, 5.41) is 3.31. The Balaban J connectivity index is 1.63. The van der Waals surface area contributed by atoms with E-state index in [1.165, 1.54) is 0 Å². The lowest BCUT2D eigenvalue weighted by Crippen LogP contribution is -2.49. The number of halogens is 1. The van der Waals surface area contributed by atoms with Gasteiger partial charge in [0.15, 0.2) is 5.78 Å². The highest BCUT2D eigenvalue weighted by molar-refractivity contribution is 6.24. The smallest absolute Gasteiger partial charge is 0.265 e. The van der Waals surface area contributed by atoms with Gasteiger partial charge in [0.2, 0.25) is 0 Å². The van der Waals surface area contributed by atoms with Crippen LogP contribution in [0.4, 0.5) is 0 Å². The summed E-state index contributed by atoms with van der Waals surface area (Å²) in [7, 11) is 0. The Labute approximate surface area is 156 Å². The lowest BCUT2D eigenvalue weighted by Gasteiger charge is -2.41. The summed E-state index contributed by atoms with van der Waals surface area (Å²) >= 11 is 5.35. The molecule has 0 aliphatic carbocycles. The minimum Gasteiger partial charge on any atom is -0.486 e. The molecule has 1 fully saturated rings. The van der Waals surface area contributed by atoms with Crippen LogP contribution in [0, 0.1) is 0 Å². The molecule has 0 bridgehead atoms. The SMILES string of the molecule is O=C(NCl)c1ccc(-c2ccc3c(c2)C(=O)CC2(CCNCC2)O3)cc1. The van der Waals surface area contributed by atoms with E-state index in [1.54, 1.807) is 12.1 Å². The maximum Gasteiger partial charge on any atom is 0.265 e. The molecule has 26 heavy (non-hydrogen) atoms. The first-order valence-electron chi connectivity index (χ1n) is 8.69. The standard InChI is InChI=1S/C20H19ClN2O3/c21-23-19(25)14-3-1-13(2-4-14)15-5-6-18-16(11-15)17(24)12-20(26-18)7-9-22-10-8-20/h1-6,11,22H,7-10,12H2,(H,23,25). The quantitative estimate of drug-likeness (QED) is 0.796. The minimum absolute atomic E-state index is 0.133. The van der Waals surface area contributed by atoms with Crippen LogP contribution < -0.4 is 14.9 Å². The van der Waals surface area contributed by atoms with Gasteiger partial charge in [-0.25, -0.2) is 0 Å². The van der Waals surface area contributed by atoms with Gasteiger partial charge in [-0.15, -0.1) is 0 Å².